The van der Waals surface area contributed by atoms with Crippen LogP contribution in [-0.2, 0) is 0 Å². The number of aromatic nitrogens is 4. The summed E-state index contributed by atoms with van der Waals surface area (Å²) in [6.07, 6.45) is 3.86. The minimum absolute atomic E-state index is 0.853. The first-order valence-electron chi connectivity index (χ1n) is 6.62. The van der Waals surface area contributed by atoms with Crippen LogP contribution in [0, 0.1) is 20.8 Å². The summed E-state index contributed by atoms with van der Waals surface area (Å²) in [6.45, 7) is 8.41. The van der Waals surface area contributed by atoms with Gasteiger partial charge in [-0.05, 0) is 40.0 Å². The first-order valence-corrected chi connectivity index (χ1v) is 6.62. The van der Waals surface area contributed by atoms with E-state index in [-0.39, 0.29) is 0 Å². The summed E-state index contributed by atoms with van der Waals surface area (Å²) in [6, 6.07) is 0. The Hall–Kier alpha value is -1.65. The molecule has 96 valence electrons. The highest BCUT2D eigenvalue weighted by Gasteiger charge is 2.19. The zero-order valence-electron chi connectivity index (χ0n) is 11.3. The second kappa shape index (κ2) is 4.23. The minimum atomic E-state index is 0.853. The van der Waals surface area contributed by atoms with E-state index in [1.807, 2.05) is 11.4 Å². The molecule has 0 aliphatic carbocycles. The second-order valence-electron chi connectivity index (χ2n) is 5.10. The van der Waals surface area contributed by atoms with E-state index in [2.05, 4.69) is 28.9 Å². The van der Waals surface area contributed by atoms with E-state index < -0.39 is 0 Å². The smallest absolute Gasteiger partial charge is 0.181 e. The predicted molar refractivity (Wildman–Crippen MR) is 71.1 cm³/mol. The van der Waals surface area contributed by atoms with E-state index in [4.69, 9.17) is 5.10 Å². The number of hydrogen-bond donors (Lipinski definition) is 0. The summed E-state index contributed by atoms with van der Waals surface area (Å²) in [5.41, 5.74) is 3.30. The molecule has 1 aliphatic heterocycles. The number of fused-ring (bicyclic) bond motifs is 1. The van der Waals surface area contributed by atoms with Crippen LogP contribution in [0.4, 0.5) is 5.82 Å². The van der Waals surface area contributed by atoms with Crippen molar-refractivity contribution < 1.29 is 0 Å². The molecule has 0 amide bonds. The highest BCUT2D eigenvalue weighted by atomic mass is 15.4. The van der Waals surface area contributed by atoms with Gasteiger partial charge in [0.25, 0.3) is 0 Å². The molecule has 1 aliphatic rings. The number of rotatable bonds is 1. The third-order valence-corrected chi connectivity index (χ3v) is 3.88. The molecule has 0 atom stereocenters. The Balaban J connectivity index is 2.15. The van der Waals surface area contributed by atoms with E-state index in [1.165, 1.54) is 30.4 Å². The molecular formula is C13H19N5. The summed E-state index contributed by atoms with van der Waals surface area (Å²) >= 11 is 0. The molecule has 2 aromatic heterocycles. The van der Waals surface area contributed by atoms with Gasteiger partial charge in [-0.15, -0.1) is 15.3 Å². The normalized spacial score (nSPS) is 16.5. The Kier molecular flexibility index (Phi) is 2.69. The molecule has 2 aromatic rings. The van der Waals surface area contributed by atoms with Crippen LogP contribution >= 0.6 is 0 Å². The molecule has 3 heterocycles. The van der Waals surface area contributed by atoms with Gasteiger partial charge in [-0.3, -0.25) is 0 Å². The Bertz CT molecular complexity index is 581. The fourth-order valence-electron chi connectivity index (χ4n) is 2.62. The van der Waals surface area contributed by atoms with Gasteiger partial charge in [0.1, 0.15) is 0 Å². The molecule has 18 heavy (non-hydrogen) atoms. The second-order valence-corrected chi connectivity index (χ2v) is 5.10. The Morgan fingerprint density at radius 2 is 1.61 bits per heavy atom. The lowest BCUT2D eigenvalue weighted by atomic mass is 10.1. The minimum Gasteiger partial charge on any atom is -0.355 e. The van der Waals surface area contributed by atoms with Gasteiger partial charge in [-0.25, -0.2) is 0 Å². The van der Waals surface area contributed by atoms with Gasteiger partial charge in [-0.2, -0.15) is 4.52 Å². The summed E-state index contributed by atoms with van der Waals surface area (Å²) in [5.74, 6) is 1.95. The molecule has 0 aromatic carbocycles. The van der Waals surface area contributed by atoms with Crippen LogP contribution in [-0.4, -0.2) is 32.9 Å². The molecule has 0 radical (unpaired) electrons. The van der Waals surface area contributed by atoms with E-state index >= 15 is 0 Å². The highest BCUT2D eigenvalue weighted by Crippen LogP contribution is 2.25. The van der Waals surface area contributed by atoms with Gasteiger partial charge in [0.2, 0.25) is 0 Å². The summed E-state index contributed by atoms with van der Waals surface area (Å²) in [4.78, 5) is 2.39. The van der Waals surface area contributed by atoms with Crippen molar-refractivity contribution in [2.24, 2.45) is 0 Å². The number of anilines is 1. The molecule has 0 unspecified atom stereocenters. The summed E-state index contributed by atoms with van der Waals surface area (Å²) in [7, 11) is 0. The maximum atomic E-state index is 4.74. The Labute approximate surface area is 107 Å². The molecular weight excluding hydrogens is 226 g/mol. The standard InChI is InChI=1S/C13H19N5/c1-9-10(2)13(17-7-5-4-6-8-17)16-18-11(3)14-15-12(9)18/h4-8H2,1-3H3. The topological polar surface area (TPSA) is 46.3 Å². The molecule has 5 heteroatoms. The molecule has 3 rings (SSSR count). The van der Waals surface area contributed by atoms with Gasteiger partial charge in [0, 0.05) is 24.2 Å². The Morgan fingerprint density at radius 1 is 0.889 bits per heavy atom. The van der Waals surface area contributed by atoms with Gasteiger partial charge >= 0.3 is 0 Å². The molecule has 0 spiro atoms. The van der Waals surface area contributed by atoms with Gasteiger partial charge in [0.15, 0.2) is 17.3 Å². The van der Waals surface area contributed by atoms with Crippen LogP contribution in [0.3, 0.4) is 0 Å². The lowest BCUT2D eigenvalue weighted by Gasteiger charge is -2.29. The first kappa shape index (κ1) is 11.4. The van der Waals surface area contributed by atoms with Gasteiger partial charge < -0.3 is 4.90 Å². The average molecular weight is 245 g/mol. The lowest BCUT2D eigenvalue weighted by molar-refractivity contribution is 0.568. The van der Waals surface area contributed by atoms with Crippen molar-refractivity contribution in [3.8, 4) is 0 Å². The molecule has 0 saturated carbocycles. The van der Waals surface area contributed by atoms with Crippen molar-refractivity contribution in [2.45, 2.75) is 40.0 Å². The van der Waals surface area contributed by atoms with Crippen molar-refractivity contribution >= 4 is 11.5 Å². The number of aryl methyl sites for hydroxylation is 2. The van der Waals surface area contributed by atoms with E-state index in [1.54, 1.807) is 0 Å². The maximum Gasteiger partial charge on any atom is 0.181 e. The number of hydrogen-bond acceptors (Lipinski definition) is 4. The average Bonchev–Trinajstić information content (AvgIpc) is 2.77. The van der Waals surface area contributed by atoms with Crippen LogP contribution in [0.25, 0.3) is 5.65 Å². The highest BCUT2D eigenvalue weighted by molar-refractivity contribution is 5.59. The molecule has 1 fully saturated rings. The fourth-order valence-corrected chi connectivity index (χ4v) is 2.62. The van der Waals surface area contributed by atoms with E-state index in [0.29, 0.717) is 0 Å². The molecule has 1 saturated heterocycles. The predicted octanol–water partition coefficient (Wildman–Crippen LogP) is 2.04. The van der Waals surface area contributed by atoms with E-state index in [0.717, 1.165) is 30.4 Å². The summed E-state index contributed by atoms with van der Waals surface area (Å²) in [5, 5.41) is 13.0. The third kappa shape index (κ3) is 1.65. The van der Waals surface area contributed by atoms with Crippen LogP contribution < -0.4 is 4.90 Å². The monoisotopic (exact) mass is 245 g/mol. The van der Waals surface area contributed by atoms with Crippen LogP contribution in [0.1, 0.15) is 36.2 Å². The van der Waals surface area contributed by atoms with Crippen LogP contribution in [0.15, 0.2) is 0 Å². The van der Waals surface area contributed by atoms with Gasteiger partial charge in [0.05, 0.1) is 0 Å². The zero-order chi connectivity index (χ0) is 12.7. The molecule has 0 bridgehead atoms. The van der Waals surface area contributed by atoms with Crippen molar-refractivity contribution in [3.05, 3.63) is 17.0 Å². The first-order chi connectivity index (χ1) is 8.68. The van der Waals surface area contributed by atoms with Crippen molar-refractivity contribution in [3.63, 3.8) is 0 Å². The summed E-state index contributed by atoms with van der Waals surface area (Å²) < 4.78 is 1.87. The third-order valence-electron chi connectivity index (χ3n) is 3.88. The maximum absolute atomic E-state index is 4.74. The zero-order valence-corrected chi connectivity index (χ0v) is 11.3. The number of piperidine rings is 1. The molecule has 5 nitrogen and oxygen atoms in total. The quantitative estimate of drug-likeness (QED) is 0.771. The Morgan fingerprint density at radius 3 is 2.33 bits per heavy atom. The van der Waals surface area contributed by atoms with Crippen LogP contribution in [0.5, 0.6) is 0 Å². The van der Waals surface area contributed by atoms with Crippen molar-refractivity contribution in [1.82, 2.24) is 19.8 Å². The largest absolute Gasteiger partial charge is 0.355 e. The van der Waals surface area contributed by atoms with Crippen molar-refractivity contribution in [1.29, 1.82) is 0 Å². The van der Waals surface area contributed by atoms with E-state index in [9.17, 15) is 0 Å². The SMILES string of the molecule is Cc1c(N2CCCCC2)nn2c(C)nnc2c1C. The van der Waals surface area contributed by atoms with Crippen LogP contribution in [0.2, 0.25) is 0 Å². The lowest BCUT2D eigenvalue weighted by Crippen LogP contribution is -2.31. The molecule has 0 N–H and O–H groups in total. The van der Waals surface area contributed by atoms with Crippen molar-refractivity contribution in [2.75, 3.05) is 18.0 Å². The fraction of sp³-hybridized carbons (Fsp3) is 0.615. The number of nitrogens with zero attached hydrogens (tertiary/aromatic N) is 5. The van der Waals surface area contributed by atoms with Gasteiger partial charge in [-0.1, -0.05) is 0 Å².